The van der Waals surface area contributed by atoms with Crippen LogP contribution < -0.4 is 16.6 Å². The first-order valence-electron chi connectivity index (χ1n) is 13.9. The molecule has 0 aliphatic carbocycles. The molecular weight excluding hydrogens is 756 g/mol. The van der Waals surface area contributed by atoms with Crippen molar-refractivity contribution in [2.24, 2.45) is 5.73 Å². The molecule has 0 rings (SSSR count). The molecule has 0 atom stereocenters. The van der Waals surface area contributed by atoms with E-state index in [0.29, 0.717) is 19.9 Å². The van der Waals surface area contributed by atoms with Crippen LogP contribution in [0.4, 0.5) is 52.7 Å². The summed E-state index contributed by atoms with van der Waals surface area (Å²) in [7, 11) is 0. The van der Waals surface area contributed by atoms with E-state index in [1.54, 1.807) is 20.8 Å². The average molecular weight is 797 g/mol. The molecule has 5 N–H and O–H groups in total. The molecule has 0 aromatic carbocycles. The van der Waals surface area contributed by atoms with E-state index < -0.39 is 78.6 Å². The molecule has 0 spiro atoms. The number of aliphatic carboxylic acids is 1. The molecule has 52 heavy (non-hydrogen) atoms. The van der Waals surface area contributed by atoms with Crippen LogP contribution in [0, 0.1) is 0 Å². The van der Waals surface area contributed by atoms with E-state index in [2.05, 4.69) is 10.5 Å². The Morgan fingerprint density at radius 3 is 1.10 bits per heavy atom. The number of quaternary nitrogens is 1. The van der Waals surface area contributed by atoms with Crippen LogP contribution >= 0.6 is 0 Å². The smallest absolute Gasteiger partial charge is 0.491 e. The number of carboxylic acid groups (broad SMARTS) is 1. The number of halogens is 12. The van der Waals surface area contributed by atoms with Crippen LogP contribution in [0.15, 0.2) is 0 Å². The van der Waals surface area contributed by atoms with Gasteiger partial charge in [0.05, 0.1) is 19.4 Å². The van der Waals surface area contributed by atoms with Gasteiger partial charge in [-0.1, -0.05) is 0 Å². The van der Waals surface area contributed by atoms with E-state index in [1.165, 1.54) is 0 Å². The van der Waals surface area contributed by atoms with E-state index in [4.69, 9.17) is 25.1 Å². The lowest BCUT2D eigenvalue weighted by Crippen LogP contribution is -2.51. The first kappa shape index (κ1) is 57.3. The Morgan fingerprint density at radius 2 is 0.904 bits per heavy atom. The number of Topliss-reactive ketones (excluding diaryl/α,β-unsaturated/α-hetero) is 2. The summed E-state index contributed by atoms with van der Waals surface area (Å²) in [6, 6.07) is 0. The number of esters is 4. The van der Waals surface area contributed by atoms with Gasteiger partial charge >= 0.3 is 48.6 Å². The zero-order valence-electron chi connectivity index (χ0n) is 28.8. The average Bonchev–Trinajstić information content (AvgIpc) is 2.85. The number of hydrogen-bond acceptors (Lipinski definition) is 12. The normalized spacial score (nSPS) is 11.6. The van der Waals surface area contributed by atoms with Gasteiger partial charge in [-0.25, -0.2) is 4.79 Å². The minimum Gasteiger partial charge on any atom is -0.542 e. The maximum Gasteiger partial charge on any atom is 0.491 e. The van der Waals surface area contributed by atoms with Gasteiger partial charge in [0.2, 0.25) is 11.6 Å². The van der Waals surface area contributed by atoms with Crippen molar-refractivity contribution in [2.45, 2.75) is 116 Å². The highest BCUT2D eigenvalue weighted by molar-refractivity contribution is 5.87. The van der Waals surface area contributed by atoms with Gasteiger partial charge in [-0.15, -0.1) is 0 Å². The minimum absolute atomic E-state index is 0.00164. The lowest BCUT2D eigenvalue weighted by molar-refractivity contribution is -0.367. The maximum atomic E-state index is 11.8. The Kier molecular flexibility index (Phi) is 27.6. The third kappa shape index (κ3) is 44.0. The number of carbonyl (C=O) groups excluding carboxylic acids is 7. The summed E-state index contributed by atoms with van der Waals surface area (Å²) >= 11 is 0. The number of carboxylic acids is 1. The lowest BCUT2D eigenvalue weighted by Gasteiger charge is -2.19. The number of alkyl halides is 12. The van der Waals surface area contributed by atoms with Crippen molar-refractivity contribution < 1.29 is 111 Å². The van der Waals surface area contributed by atoms with Crippen molar-refractivity contribution in [3.8, 4) is 0 Å². The second kappa shape index (κ2) is 25.0. The fourth-order valence-corrected chi connectivity index (χ4v) is 1.93. The number of nitrogens with two attached hydrogens (primary N) is 1. The number of carbonyl (C=O) groups is 7. The van der Waals surface area contributed by atoms with Crippen molar-refractivity contribution in [3.05, 3.63) is 0 Å². The molecule has 0 saturated carbocycles. The summed E-state index contributed by atoms with van der Waals surface area (Å²) in [6.45, 7) is 11.5. The third-order valence-corrected chi connectivity index (χ3v) is 3.71. The predicted octanol–water partition coefficient (Wildman–Crippen LogP) is 2.99. The molecule has 0 fully saturated rings. The molecule has 25 heteroatoms. The second-order valence-electron chi connectivity index (χ2n) is 11.2. The third-order valence-electron chi connectivity index (χ3n) is 3.71. The summed E-state index contributed by atoms with van der Waals surface area (Å²) < 4.78 is 147. The summed E-state index contributed by atoms with van der Waals surface area (Å²) in [5, 5.41) is 8.78. The topological polar surface area (TPSA) is 224 Å². The van der Waals surface area contributed by atoms with Gasteiger partial charge in [0.1, 0.15) is 17.2 Å². The van der Waals surface area contributed by atoms with Gasteiger partial charge in [-0.2, -0.15) is 52.7 Å². The number of rotatable bonds is 8. The van der Waals surface area contributed by atoms with E-state index >= 15 is 0 Å². The first-order valence-corrected chi connectivity index (χ1v) is 13.9. The molecular formula is C27H40F12N2O11. The Labute approximate surface area is 288 Å². The standard InChI is InChI=1S/C10H15F3O3.C7H15NO2.C4H6F3NO.C4H3F3O3.C2HF3O2/c1-9(2,3)16-8(15)6-4-5-7(14)10(11,12)13;1-7(2,3)10-6(9)4-5-8;5-4(6,7)3(9)1-2-8;1-2(8)10-3(9)4(5,6)7;3-2(4,5)1(6)7/h4-6H2,1-3H3;4-5,8H2,1-3H3;1-2,8H2;1H3;(H,6,7). The van der Waals surface area contributed by atoms with Crippen molar-refractivity contribution in [1.29, 1.82) is 0 Å². The molecule has 13 nitrogen and oxygen atoms in total. The van der Waals surface area contributed by atoms with Crippen molar-refractivity contribution in [1.82, 2.24) is 0 Å². The van der Waals surface area contributed by atoms with Gasteiger partial charge in [0.15, 0.2) is 0 Å². The molecule has 0 aliphatic rings. The monoisotopic (exact) mass is 796 g/mol. The molecule has 0 unspecified atom stereocenters. The number of ether oxygens (including phenoxy) is 3. The molecule has 0 aromatic heterocycles. The number of hydrogen-bond donors (Lipinski definition) is 2. The maximum absolute atomic E-state index is 11.8. The largest absolute Gasteiger partial charge is 0.542 e. The zero-order chi connectivity index (χ0) is 43.1. The molecule has 308 valence electrons. The van der Waals surface area contributed by atoms with E-state index in [1.807, 2.05) is 20.8 Å². The Morgan fingerprint density at radius 1 is 0.577 bits per heavy atom. The predicted molar refractivity (Wildman–Crippen MR) is 148 cm³/mol. The fourth-order valence-electron chi connectivity index (χ4n) is 1.93. The van der Waals surface area contributed by atoms with Crippen LogP contribution in [0.3, 0.4) is 0 Å². The van der Waals surface area contributed by atoms with Crippen LogP contribution in [0.25, 0.3) is 0 Å². The van der Waals surface area contributed by atoms with Crippen LogP contribution in [-0.4, -0.2) is 90.4 Å². The Balaban J connectivity index is -0.000000182. The van der Waals surface area contributed by atoms with Crippen LogP contribution in [-0.2, 0) is 47.8 Å². The van der Waals surface area contributed by atoms with Crippen LogP contribution in [0.5, 0.6) is 0 Å². The highest BCUT2D eigenvalue weighted by atomic mass is 19.4. The summed E-state index contributed by atoms with van der Waals surface area (Å²) in [5.74, 6) is -11.1. The van der Waals surface area contributed by atoms with E-state index in [0.717, 1.165) is 0 Å². The summed E-state index contributed by atoms with van der Waals surface area (Å²) in [4.78, 5) is 70.4. The Bertz CT molecular complexity index is 1140. The zero-order valence-corrected chi connectivity index (χ0v) is 28.8. The van der Waals surface area contributed by atoms with Crippen molar-refractivity contribution >= 4 is 41.4 Å². The van der Waals surface area contributed by atoms with Gasteiger partial charge < -0.3 is 35.6 Å². The lowest BCUT2D eigenvalue weighted by atomic mass is 10.1. The van der Waals surface area contributed by atoms with Gasteiger partial charge in [0, 0.05) is 26.3 Å². The van der Waals surface area contributed by atoms with Crippen LogP contribution in [0.2, 0.25) is 0 Å². The molecule has 0 amide bonds. The second-order valence-corrected chi connectivity index (χ2v) is 11.2. The fraction of sp³-hybridized carbons (Fsp3) is 0.741. The van der Waals surface area contributed by atoms with Crippen molar-refractivity contribution in [2.75, 3.05) is 13.1 Å². The van der Waals surface area contributed by atoms with Gasteiger partial charge in [-0.05, 0) is 48.0 Å². The molecule has 0 heterocycles. The summed E-state index contributed by atoms with van der Waals surface area (Å²) in [5.41, 5.74) is 7.22. The first-order chi connectivity index (χ1) is 22.7. The highest BCUT2D eigenvalue weighted by Crippen LogP contribution is 2.20. The van der Waals surface area contributed by atoms with E-state index in [-0.39, 0.29) is 31.0 Å². The SMILES string of the molecule is CC(=O)OC(=O)C(F)(F)F.CC(C)(C)OC(=O)CCCC(=O)C(F)(F)F.CC(C)(C)OC(=O)CCN.O=C([O-])C(F)(F)F.[NH3+]CCC(=O)C(F)(F)F. The van der Waals surface area contributed by atoms with Gasteiger partial charge in [-0.3, -0.25) is 24.0 Å². The van der Waals surface area contributed by atoms with Gasteiger partial charge in [0.25, 0.3) is 0 Å². The molecule has 0 bridgehead atoms. The molecule has 0 aromatic rings. The highest BCUT2D eigenvalue weighted by Gasteiger charge is 2.42. The summed E-state index contributed by atoms with van der Waals surface area (Å²) in [6.07, 6.45) is -21.0. The van der Waals surface area contributed by atoms with Crippen LogP contribution in [0.1, 0.15) is 80.6 Å². The minimum atomic E-state index is -5.19. The molecule has 0 aliphatic heterocycles. The Hall–Kier alpha value is -4.03. The molecule has 0 radical (unpaired) electrons. The quantitative estimate of drug-likeness (QED) is 0.157. The van der Waals surface area contributed by atoms with Crippen molar-refractivity contribution in [3.63, 3.8) is 0 Å². The van der Waals surface area contributed by atoms with E-state index in [9.17, 15) is 81.5 Å². The molecule has 0 saturated heterocycles. The number of ketones is 2.